The maximum Gasteiger partial charge on any atom is 0.271 e. The van der Waals surface area contributed by atoms with Gasteiger partial charge in [0.2, 0.25) is 10.0 Å². The molecule has 10 heteroatoms. The van der Waals surface area contributed by atoms with Crippen molar-refractivity contribution in [1.29, 1.82) is 0 Å². The molecule has 1 saturated heterocycles. The first-order valence-corrected chi connectivity index (χ1v) is 10.5. The number of nitro groups is 1. The average Bonchev–Trinajstić information content (AvgIpc) is 2.68. The first kappa shape index (κ1) is 20.2. The van der Waals surface area contributed by atoms with Gasteiger partial charge in [0, 0.05) is 44.0 Å². The standard InChI is InChI=1S/C18H20N4O4S2/c1-14-5-7-17(8-6-14)28(25,26)21-11-9-20(10-12-21)18(27)19-15-3-2-4-16(13-15)22(23)24/h2-8,13H,9-12H2,1H3,(H,19,27). The Morgan fingerprint density at radius 1 is 1.11 bits per heavy atom. The molecule has 0 unspecified atom stereocenters. The molecule has 0 aliphatic carbocycles. The van der Waals surface area contributed by atoms with Crippen molar-refractivity contribution < 1.29 is 13.3 Å². The summed E-state index contributed by atoms with van der Waals surface area (Å²) in [6, 6.07) is 12.9. The number of nitro benzene ring substituents is 1. The number of rotatable bonds is 4. The Morgan fingerprint density at radius 2 is 1.75 bits per heavy atom. The maximum absolute atomic E-state index is 12.8. The number of non-ortho nitro benzene ring substituents is 1. The van der Waals surface area contributed by atoms with Crippen molar-refractivity contribution in [3.05, 3.63) is 64.2 Å². The van der Waals surface area contributed by atoms with Crippen molar-refractivity contribution in [3.8, 4) is 0 Å². The fraction of sp³-hybridized carbons (Fsp3) is 0.278. The number of aryl methyl sites for hydroxylation is 1. The lowest BCUT2D eigenvalue weighted by Gasteiger charge is -2.35. The van der Waals surface area contributed by atoms with Crippen LogP contribution in [0, 0.1) is 17.0 Å². The van der Waals surface area contributed by atoms with E-state index in [1.54, 1.807) is 36.4 Å². The maximum atomic E-state index is 12.8. The molecule has 2 aromatic rings. The third-order valence-corrected chi connectivity index (χ3v) is 6.77. The Labute approximate surface area is 169 Å². The molecule has 0 bridgehead atoms. The van der Waals surface area contributed by atoms with E-state index in [-0.39, 0.29) is 10.6 Å². The zero-order chi connectivity index (χ0) is 20.3. The van der Waals surface area contributed by atoms with Crippen LogP contribution >= 0.6 is 12.2 Å². The summed E-state index contributed by atoms with van der Waals surface area (Å²) in [6.45, 7) is 3.40. The van der Waals surface area contributed by atoms with Crippen LogP contribution in [-0.2, 0) is 10.0 Å². The lowest BCUT2D eigenvalue weighted by molar-refractivity contribution is -0.384. The Balaban J connectivity index is 1.62. The molecule has 1 aliphatic rings. The number of hydrogen-bond donors (Lipinski definition) is 1. The molecule has 1 aliphatic heterocycles. The number of piperazine rings is 1. The monoisotopic (exact) mass is 420 g/mol. The van der Waals surface area contributed by atoms with Gasteiger partial charge in [-0.3, -0.25) is 10.1 Å². The van der Waals surface area contributed by atoms with Gasteiger partial charge in [0.15, 0.2) is 5.11 Å². The van der Waals surface area contributed by atoms with Crippen LogP contribution < -0.4 is 5.32 Å². The second-order valence-electron chi connectivity index (χ2n) is 6.44. The van der Waals surface area contributed by atoms with Gasteiger partial charge in [0.05, 0.1) is 9.82 Å². The van der Waals surface area contributed by atoms with E-state index >= 15 is 0 Å². The zero-order valence-electron chi connectivity index (χ0n) is 15.2. The van der Waals surface area contributed by atoms with E-state index in [2.05, 4.69) is 5.32 Å². The van der Waals surface area contributed by atoms with Gasteiger partial charge in [-0.1, -0.05) is 23.8 Å². The van der Waals surface area contributed by atoms with Gasteiger partial charge in [0.1, 0.15) is 0 Å². The van der Waals surface area contributed by atoms with Crippen LogP contribution in [-0.4, -0.2) is 53.8 Å². The molecule has 0 saturated carbocycles. The van der Waals surface area contributed by atoms with Crippen molar-refractivity contribution >= 4 is 38.7 Å². The quantitative estimate of drug-likeness (QED) is 0.461. The summed E-state index contributed by atoms with van der Waals surface area (Å²) in [4.78, 5) is 12.5. The highest BCUT2D eigenvalue weighted by atomic mass is 32.2. The number of thiocarbonyl (C=S) groups is 1. The molecule has 8 nitrogen and oxygen atoms in total. The fourth-order valence-corrected chi connectivity index (χ4v) is 4.61. The molecule has 0 aromatic heterocycles. The van der Waals surface area contributed by atoms with Crippen molar-refractivity contribution in [3.63, 3.8) is 0 Å². The lowest BCUT2D eigenvalue weighted by Crippen LogP contribution is -2.51. The molecule has 1 heterocycles. The highest BCUT2D eigenvalue weighted by Crippen LogP contribution is 2.20. The lowest BCUT2D eigenvalue weighted by atomic mass is 10.2. The molecule has 3 rings (SSSR count). The molecule has 0 atom stereocenters. The summed E-state index contributed by atoms with van der Waals surface area (Å²) in [7, 11) is -3.53. The largest absolute Gasteiger partial charge is 0.346 e. The topological polar surface area (TPSA) is 95.8 Å². The summed E-state index contributed by atoms with van der Waals surface area (Å²) in [5.41, 5.74) is 1.50. The van der Waals surface area contributed by atoms with Crippen LogP contribution in [0.3, 0.4) is 0 Å². The summed E-state index contributed by atoms with van der Waals surface area (Å²) in [6.07, 6.45) is 0. The third-order valence-electron chi connectivity index (χ3n) is 4.49. The summed E-state index contributed by atoms with van der Waals surface area (Å²) < 4.78 is 27.0. The van der Waals surface area contributed by atoms with Gasteiger partial charge in [-0.05, 0) is 37.3 Å². The molecule has 1 N–H and O–H groups in total. The molecule has 28 heavy (non-hydrogen) atoms. The van der Waals surface area contributed by atoms with Crippen molar-refractivity contribution in [1.82, 2.24) is 9.21 Å². The minimum atomic E-state index is -3.53. The molecular weight excluding hydrogens is 400 g/mol. The van der Waals surface area contributed by atoms with Crippen LogP contribution in [0.4, 0.5) is 11.4 Å². The molecule has 148 valence electrons. The van der Waals surface area contributed by atoms with Gasteiger partial charge in [-0.15, -0.1) is 0 Å². The number of anilines is 1. The highest BCUT2D eigenvalue weighted by Gasteiger charge is 2.29. The smallest absolute Gasteiger partial charge is 0.271 e. The number of benzene rings is 2. The van der Waals surface area contributed by atoms with E-state index in [0.29, 0.717) is 37.0 Å². The van der Waals surface area contributed by atoms with Crippen LogP contribution in [0.2, 0.25) is 0 Å². The number of sulfonamides is 1. The minimum Gasteiger partial charge on any atom is -0.346 e. The van der Waals surface area contributed by atoms with Gasteiger partial charge >= 0.3 is 0 Å². The SMILES string of the molecule is Cc1ccc(S(=O)(=O)N2CCN(C(=S)Nc3cccc([N+](=O)[O-])c3)CC2)cc1. The first-order valence-electron chi connectivity index (χ1n) is 8.64. The predicted octanol–water partition coefficient (Wildman–Crippen LogP) is 2.61. The highest BCUT2D eigenvalue weighted by molar-refractivity contribution is 7.89. The Bertz CT molecular complexity index is 985. The molecule has 0 amide bonds. The van der Waals surface area contributed by atoms with Gasteiger partial charge < -0.3 is 10.2 Å². The third kappa shape index (κ3) is 4.46. The summed E-state index contributed by atoms with van der Waals surface area (Å²) >= 11 is 5.38. The van der Waals surface area contributed by atoms with E-state index in [9.17, 15) is 18.5 Å². The minimum absolute atomic E-state index is 0.0261. The first-order chi connectivity index (χ1) is 13.3. The van der Waals surface area contributed by atoms with E-state index in [1.807, 2.05) is 11.8 Å². The number of hydrogen-bond acceptors (Lipinski definition) is 5. The molecule has 0 radical (unpaired) electrons. The Morgan fingerprint density at radius 3 is 2.36 bits per heavy atom. The van der Waals surface area contributed by atoms with Crippen LogP contribution in [0.25, 0.3) is 0 Å². The normalized spacial score (nSPS) is 15.2. The molecule has 0 spiro atoms. The van der Waals surface area contributed by atoms with E-state index < -0.39 is 14.9 Å². The number of nitrogens with one attached hydrogen (secondary N) is 1. The summed E-state index contributed by atoms with van der Waals surface area (Å²) in [5.74, 6) is 0. The molecule has 2 aromatic carbocycles. The Kier molecular flexibility index (Phi) is 5.92. The van der Waals surface area contributed by atoms with Crippen LogP contribution in [0.5, 0.6) is 0 Å². The van der Waals surface area contributed by atoms with E-state index in [1.165, 1.54) is 16.4 Å². The van der Waals surface area contributed by atoms with Crippen LogP contribution in [0.15, 0.2) is 53.4 Å². The zero-order valence-corrected chi connectivity index (χ0v) is 16.9. The number of nitrogens with zero attached hydrogens (tertiary/aromatic N) is 3. The second kappa shape index (κ2) is 8.21. The summed E-state index contributed by atoms with van der Waals surface area (Å²) in [5, 5.41) is 14.3. The van der Waals surface area contributed by atoms with Gasteiger partial charge in [0.25, 0.3) is 5.69 Å². The second-order valence-corrected chi connectivity index (χ2v) is 8.77. The van der Waals surface area contributed by atoms with E-state index in [4.69, 9.17) is 12.2 Å². The van der Waals surface area contributed by atoms with Crippen molar-refractivity contribution in [2.75, 3.05) is 31.5 Å². The van der Waals surface area contributed by atoms with Crippen molar-refractivity contribution in [2.45, 2.75) is 11.8 Å². The molecule has 1 fully saturated rings. The van der Waals surface area contributed by atoms with Gasteiger partial charge in [-0.25, -0.2) is 8.42 Å². The molecular formula is C18H20N4O4S2. The Hall–Kier alpha value is -2.56. The van der Waals surface area contributed by atoms with E-state index in [0.717, 1.165) is 5.56 Å². The van der Waals surface area contributed by atoms with Gasteiger partial charge in [-0.2, -0.15) is 4.31 Å². The van der Waals surface area contributed by atoms with Crippen molar-refractivity contribution in [2.24, 2.45) is 0 Å². The average molecular weight is 421 g/mol. The van der Waals surface area contributed by atoms with Crippen LogP contribution in [0.1, 0.15) is 5.56 Å². The fourth-order valence-electron chi connectivity index (χ4n) is 2.89. The predicted molar refractivity (Wildman–Crippen MR) is 111 cm³/mol.